The molecule has 0 spiro atoms. The third kappa shape index (κ3) is 9.59. The first-order valence-electron chi connectivity index (χ1n) is 13.9. The molecule has 0 bridgehead atoms. The molecule has 0 atom stereocenters. The summed E-state index contributed by atoms with van der Waals surface area (Å²) in [6.07, 6.45) is 9.53. The minimum Gasteiger partial charge on any atom is -0.395 e. The number of carbonyl (C=O) groups is 1. The molecular formula is C35H39NO2. The zero-order chi connectivity index (χ0) is 27.0. The van der Waals surface area contributed by atoms with Gasteiger partial charge in [-0.2, -0.15) is 0 Å². The van der Waals surface area contributed by atoms with Crippen LogP contribution >= 0.6 is 0 Å². The number of rotatable bonds is 11. The Hall–Kier alpha value is -3.79. The van der Waals surface area contributed by atoms with Gasteiger partial charge in [-0.15, -0.1) is 0 Å². The summed E-state index contributed by atoms with van der Waals surface area (Å²) in [5.41, 5.74) is 6.34. The molecule has 0 aliphatic rings. The maximum atomic E-state index is 12.8. The first-order valence-corrected chi connectivity index (χ1v) is 13.9. The van der Waals surface area contributed by atoms with Crippen molar-refractivity contribution in [3.63, 3.8) is 0 Å². The van der Waals surface area contributed by atoms with Gasteiger partial charge in [0.25, 0.3) is 5.91 Å². The van der Waals surface area contributed by atoms with Crippen molar-refractivity contribution in [2.45, 2.75) is 65.2 Å². The first kappa shape index (κ1) is 28.8. The van der Waals surface area contributed by atoms with Gasteiger partial charge in [0.1, 0.15) is 0 Å². The number of aryl methyl sites for hydroxylation is 2. The van der Waals surface area contributed by atoms with Crippen LogP contribution in [0.3, 0.4) is 0 Å². The van der Waals surface area contributed by atoms with E-state index in [1.807, 2.05) is 24.3 Å². The summed E-state index contributed by atoms with van der Waals surface area (Å²) >= 11 is 0. The Balaban J connectivity index is 1.78. The molecule has 3 rings (SSSR count). The zero-order valence-corrected chi connectivity index (χ0v) is 22.8. The number of benzene rings is 3. The Bertz CT molecular complexity index is 1280. The molecule has 3 heteroatoms. The maximum absolute atomic E-state index is 12.8. The summed E-state index contributed by atoms with van der Waals surface area (Å²) < 4.78 is 0. The number of hydrogen-bond acceptors (Lipinski definition) is 2. The largest absolute Gasteiger partial charge is 0.395 e. The number of aliphatic hydroxyl groups excluding tert-OH is 1. The summed E-state index contributed by atoms with van der Waals surface area (Å²) in [6.45, 7) is 4.49. The van der Waals surface area contributed by atoms with Gasteiger partial charge < -0.3 is 10.4 Å². The lowest BCUT2D eigenvalue weighted by Crippen LogP contribution is -2.27. The predicted octanol–water partition coefficient (Wildman–Crippen LogP) is 6.67. The molecule has 196 valence electrons. The van der Waals surface area contributed by atoms with Crippen molar-refractivity contribution in [3.8, 4) is 23.7 Å². The predicted molar refractivity (Wildman–Crippen MR) is 157 cm³/mol. The summed E-state index contributed by atoms with van der Waals surface area (Å²) in [7, 11) is 0. The van der Waals surface area contributed by atoms with E-state index in [1.165, 1.54) is 49.7 Å². The minimum atomic E-state index is -0.269. The molecule has 0 radical (unpaired) electrons. The minimum absolute atomic E-state index is 0.120. The van der Waals surface area contributed by atoms with Crippen LogP contribution in [0.2, 0.25) is 0 Å². The molecule has 0 aliphatic carbocycles. The van der Waals surface area contributed by atoms with E-state index in [1.54, 1.807) is 6.07 Å². The van der Waals surface area contributed by atoms with Gasteiger partial charge in [-0.05, 0) is 79.3 Å². The monoisotopic (exact) mass is 505 g/mol. The molecule has 2 N–H and O–H groups in total. The van der Waals surface area contributed by atoms with E-state index in [4.69, 9.17) is 5.11 Å². The lowest BCUT2D eigenvalue weighted by atomic mass is 10.0. The number of unbranched alkanes of at least 4 members (excludes halogenated alkanes) is 4. The topological polar surface area (TPSA) is 49.3 Å². The van der Waals surface area contributed by atoms with Crippen molar-refractivity contribution in [2.75, 3.05) is 13.2 Å². The van der Waals surface area contributed by atoms with Crippen molar-refractivity contribution < 1.29 is 9.90 Å². The average Bonchev–Trinajstić information content (AvgIpc) is 2.95. The highest BCUT2D eigenvalue weighted by molar-refractivity contribution is 5.97. The SMILES string of the molecule is CCCCCc1ccc(C#Cc2ccc(C#Cc3ccc(CCCCC)cc3)c(C(=O)NCCO)c2)cc1. The van der Waals surface area contributed by atoms with Crippen molar-refractivity contribution in [1.82, 2.24) is 5.32 Å². The third-order valence-electron chi connectivity index (χ3n) is 6.40. The smallest absolute Gasteiger partial charge is 0.252 e. The van der Waals surface area contributed by atoms with Crippen LogP contribution < -0.4 is 5.32 Å². The molecule has 1 amide bonds. The highest BCUT2D eigenvalue weighted by Gasteiger charge is 2.10. The number of amides is 1. The number of hydrogen-bond donors (Lipinski definition) is 2. The Morgan fingerprint density at radius 2 is 1.18 bits per heavy atom. The van der Waals surface area contributed by atoms with Crippen LogP contribution in [0.5, 0.6) is 0 Å². The molecule has 0 saturated carbocycles. The normalized spacial score (nSPS) is 10.2. The van der Waals surface area contributed by atoms with Crippen LogP contribution in [-0.2, 0) is 12.8 Å². The van der Waals surface area contributed by atoms with Crippen LogP contribution in [-0.4, -0.2) is 24.2 Å². The summed E-state index contributed by atoms with van der Waals surface area (Å²) in [5, 5.41) is 11.9. The molecule has 38 heavy (non-hydrogen) atoms. The Morgan fingerprint density at radius 1 is 0.684 bits per heavy atom. The van der Waals surface area contributed by atoms with E-state index in [2.05, 4.69) is 79.2 Å². The summed E-state index contributed by atoms with van der Waals surface area (Å²) in [6, 6.07) is 22.2. The van der Waals surface area contributed by atoms with Gasteiger partial charge in [0.05, 0.1) is 12.2 Å². The zero-order valence-electron chi connectivity index (χ0n) is 22.8. The van der Waals surface area contributed by atoms with Crippen LogP contribution in [0.1, 0.15) is 96.1 Å². The van der Waals surface area contributed by atoms with Crippen LogP contribution in [0, 0.1) is 23.7 Å². The molecule has 3 aromatic rings. The molecule has 0 fully saturated rings. The average molecular weight is 506 g/mol. The lowest BCUT2D eigenvalue weighted by Gasteiger charge is -2.06. The lowest BCUT2D eigenvalue weighted by molar-refractivity contribution is 0.0944. The third-order valence-corrected chi connectivity index (χ3v) is 6.40. The highest BCUT2D eigenvalue weighted by atomic mass is 16.3. The van der Waals surface area contributed by atoms with E-state index in [-0.39, 0.29) is 19.1 Å². The van der Waals surface area contributed by atoms with Crippen molar-refractivity contribution in [3.05, 3.63) is 106 Å². The van der Waals surface area contributed by atoms with Gasteiger partial charge >= 0.3 is 0 Å². The van der Waals surface area contributed by atoms with Gasteiger partial charge in [0.2, 0.25) is 0 Å². The number of carbonyl (C=O) groups excluding carboxylic acids is 1. The van der Waals surface area contributed by atoms with Crippen LogP contribution in [0.25, 0.3) is 0 Å². The molecule has 0 heterocycles. The second-order valence-electron chi connectivity index (χ2n) is 9.55. The molecule has 0 unspecified atom stereocenters. The highest BCUT2D eigenvalue weighted by Crippen LogP contribution is 2.14. The molecule has 0 saturated heterocycles. The molecular weight excluding hydrogens is 466 g/mol. The van der Waals surface area contributed by atoms with Gasteiger partial charge in [-0.25, -0.2) is 0 Å². The van der Waals surface area contributed by atoms with E-state index in [0.717, 1.165) is 29.5 Å². The van der Waals surface area contributed by atoms with Gasteiger partial charge in [0.15, 0.2) is 0 Å². The molecule has 3 aromatic carbocycles. The van der Waals surface area contributed by atoms with Crippen LogP contribution in [0.4, 0.5) is 0 Å². The molecule has 3 nitrogen and oxygen atoms in total. The second kappa shape index (κ2) is 16.1. The quantitative estimate of drug-likeness (QED) is 0.226. The number of nitrogens with one attached hydrogen (secondary N) is 1. The fraction of sp³-hybridized carbons (Fsp3) is 0.343. The maximum Gasteiger partial charge on any atom is 0.252 e. The fourth-order valence-electron chi connectivity index (χ4n) is 4.14. The summed E-state index contributed by atoms with van der Waals surface area (Å²) in [4.78, 5) is 12.8. The van der Waals surface area contributed by atoms with Crippen molar-refractivity contribution >= 4 is 5.91 Å². The van der Waals surface area contributed by atoms with E-state index >= 15 is 0 Å². The van der Waals surface area contributed by atoms with Crippen molar-refractivity contribution in [2.24, 2.45) is 0 Å². The molecule has 0 aliphatic heterocycles. The second-order valence-corrected chi connectivity index (χ2v) is 9.55. The number of aliphatic hydroxyl groups is 1. The van der Waals surface area contributed by atoms with Gasteiger partial charge in [-0.3, -0.25) is 4.79 Å². The van der Waals surface area contributed by atoms with Crippen LogP contribution in [0.15, 0.2) is 66.7 Å². The van der Waals surface area contributed by atoms with Gasteiger partial charge in [0, 0.05) is 28.8 Å². The fourth-order valence-corrected chi connectivity index (χ4v) is 4.14. The standard InChI is InChI=1S/C35H39NO2/c1-3-5-7-9-28-11-15-30(16-12-28)19-20-32-22-24-33(34(27-32)35(38)36-25-26-37)23-21-31-17-13-29(14-18-31)10-8-6-4-2/h11-18,22,24,27,37H,3-10,25-26H2,1-2H3,(H,36,38). The Kier molecular flexibility index (Phi) is 12.2. The molecule has 0 aromatic heterocycles. The Morgan fingerprint density at radius 3 is 1.71 bits per heavy atom. The Labute approximate surface area is 228 Å². The van der Waals surface area contributed by atoms with E-state index in [0.29, 0.717) is 11.1 Å². The first-order chi connectivity index (χ1) is 18.6. The van der Waals surface area contributed by atoms with Gasteiger partial charge in [-0.1, -0.05) is 87.5 Å². The summed E-state index contributed by atoms with van der Waals surface area (Å²) in [5.74, 6) is 12.5. The van der Waals surface area contributed by atoms with Crippen molar-refractivity contribution in [1.29, 1.82) is 0 Å². The van der Waals surface area contributed by atoms with E-state index in [9.17, 15) is 4.79 Å². The van der Waals surface area contributed by atoms with E-state index < -0.39 is 0 Å².